The monoisotopic (exact) mass is 421 g/mol. The molecule has 1 amide bonds. The minimum absolute atomic E-state index is 0.0431. The lowest BCUT2D eigenvalue weighted by atomic mass is 10.2. The molecule has 2 heterocycles. The number of furan rings is 1. The van der Waals surface area contributed by atoms with Gasteiger partial charge < -0.3 is 9.15 Å². The molecule has 2 aromatic carbocycles. The van der Waals surface area contributed by atoms with E-state index in [2.05, 4.69) is 10.3 Å². The van der Waals surface area contributed by atoms with Crippen LogP contribution in [-0.2, 0) is 13.2 Å². The molecule has 0 radical (unpaired) electrons. The minimum atomic E-state index is -0.493. The van der Waals surface area contributed by atoms with Gasteiger partial charge in [-0.25, -0.2) is 19.7 Å². The van der Waals surface area contributed by atoms with Gasteiger partial charge in [0.05, 0.1) is 11.5 Å². The van der Waals surface area contributed by atoms with Crippen molar-refractivity contribution < 1.29 is 23.4 Å². The third kappa shape index (κ3) is 4.11. The number of amides is 1. The summed E-state index contributed by atoms with van der Waals surface area (Å²) in [6.07, 6.45) is 0. The van der Waals surface area contributed by atoms with Crippen LogP contribution in [0.4, 0.5) is 11.6 Å². The Morgan fingerprint density at radius 3 is 2.81 bits per heavy atom. The van der Waals surface area contributed by atoms with Crippen molar-refractivity contribution in [3.63, 3.8) is 0 Å². The number of ether oxygens (including phenoxy) is 1. The van der Waals surface area contributed by atoms with Crippen LogP contribution in [0.2, 0.25) is 0 Å². The fourth-order valence-electron chi connectivity index (χ4n) is 3.35. The van der Waals surface area contributed by atoms with Crippen LogP contribution in [0, 0.1) is 17.0 Å². The van der Waals surface area contributed by atoms with Crippen LogP contribution in [0.25, 0.3) is 11.0 Å². The number of hydrogen-bond acceptors (Lipinski definition) is 5. The molecule has 0 aliphatic heterocycles. The number of anilines is 1. The molecule has 31 heavy (non-hydrogen) atoms. The van der Waals surface area contributed by atoms with E-state index in [-0.39, 0.29) is 23.8 Å². The van der Waals surface area contributed by atoms with Crippen LogP contribution < -0.4 is 14.6 Å². The number of aromatic nitrogens is 2. The highest BCUT2D eigenvalue weighted by molar-refractivity contribution is 6.01. The second kappa shape index (κ2) is 8.31. The van der Waals surface area contributed by atoms with E-state index in [1.165, 1.54) is 12.1 Å². The number of carbonyl (C=O) groups excluding carboxylic acids is 1. The number of hydrogen-bond donors (Lipinski definition) is 2. The number of nitrogens with one attached hydrogen (secondary N) is 2. The molecule has 4 rings (SSSR count). The fourth-order valence-corrected chi connectivity index (χ4v) is 3.35. The van der Waals surface area contributed by atoms with Crippen molar-refractivity contribution in [2.45, 2.75) is 27.0 Å². The van der Waals surface area contributed by atoms with E-state index in [0.717, 1.165) is 16.6 Å². The molecular formula is C22H21N4O5+. The lowest BCUT2D eigenvalue weighted by molar-refractivity contribution is -0.653. The number of nitro groups is 1. The number of H-pyrrole nitrogens is 1. The highest BCUT2D eigenvalue weighted by Gasteiger charge is 2.22. The molecule has 0 unspecified atom stereocenters. The SMILES string of the molecule is CC[n+]1c(NC(=O)c2ccc(COc3ccc(C)cc3[N+](=O)[O-])o2)[nH]c2ccccc21. The van der Waals surface area contributed by atoms with Crippen molar-refractivity contribution in [3.05, 3.63) is 81.8 Å². The first-order valence-corrected chi connectivity index (χ1v) is 9.74. The molecule has 9 nitrogen and oxygen atoms in total. The van der Waals surface area contributed by atoms with E-state index in [4.69, 9.17) is 9.15 Å². The quantitative estimate of drug-likeness (QED) is 0.265. The predicted molar refractivity (Wildman–Crippen MR) is 113 cm³/mol. The van der Waals surface area contributed by atoms with E-state index in [1.807, 2.05) is 35.8 Å². The molecule has 2 N–H and O–H groups in total. The zero-order chi connectivity index (χ0) is 22.0. The number of nitro benzene ring substituents is 1. The maximum Gasteiger partial charge on any atom is 0.363 e. The lowest BCUT2D eigenvalue weighted by Crippen LogP contribution is -2.36. The van der Waals surface area contributed by atoms with E-state index >= 15 is 0 Å². The second-order valence-electron chi connectivity index (χ2n) is 6.97. The second-order valence-corrected chi connectivity index (χ2v) is 6.97. The summed E-state index contributed by atoms with van der Waals surface area (Å²) in [6, 6.07) is 15.6. The summed E-state index contributed by atoms with van der Waals surface area (Å²) in [5.41, 5.74) is 2.53. The molecule has 0 atom stereocenters. The Balaban J connectivity index is 1.47. The third-order valence-corrected chi connectivity index (χ3v) is 4.83. The molecule has 0 fully saturated rings. The van der Waals surface area contributed by atoms with Gasteiger partial charge in [0.2, 0.25) is 5.76 Å². The number of rotatable bonds is 7. The van der Waals surface area contributed by atoms with Crippen LogP contribution in [0.1, 0.15) is 28.8 Å². The van der Waals surface area contributed by atoms with E-state index in [9.17, 15) is 14.9 Å². The number of aryl methyl sites for hydroxylation is 2. The molecule has 0 aliphatic carbocycles. The summed E-state index contributed by atoms with van der Waals surface area (Å²) in [6.45, 7) is 4.39. The average molecular weight is 421 g/mol. The number of carbonyl (C=O) groups is 1. The molecule has 2 aromatic heterocycles. The zero-order valence-corrected chi connectivity index (χ0v) is 17.0. The molecule has 9 heteroatoms. The highest BCUT2D eigenvalue weighted by Crippen LogP contribution is 2.28. The first-order valence-electron chi connectivity index (χ1n) is 9.74. The number of fused-ring (bicyclic) bond motifs is 1. The first kappa shape index (κ1) is 20.1. The molecule has 0 aliphatic rings. The number of imidazole rings is 1. The van der Waals surface area contributed by atoms with Gasteiger partial charge in [-0.1, -0.05) is 18.2 Å². The van der Waals surface area contributed by atoms with Gasteiger partial charge in [0.1, 0.15) is 23.4 Å². The smallest absolute Gasteiger partial charge is 0.363 e. The first-order chi connectivity index (χ1) is 15.0. The van der Waals surface area contributed by atoms with Crippen molar-refractivity contribution in [3.8, 4) is 5.75 Å². The third-order valence-electron chi connectivity index (χ3n) is 4.83. The molecule has 158 valence electrons. The fraction of sp³-hybridized carbons (Fsp3) is 0.182. The molecule has 0 saturated carbocycles. The number of nitrogens with zero attached hydrogens (tertiary/aromatic N) is 2. The lowest BCUT2D eigenvalue weighted by Gasteiger charge is -2.05. The van der Waals surface area contributed by atoms with Crippen LogP contribution in [0.3, 0.4) is 0 Å². The highest BCUT2D eigenvalue weighted by atomic mass is 16.6. The Morgan fingerprint density at radius 1 is 1.23 bits per heavy atom. The van der Waals surface area contributed by atoms with Crippen molar-refractivity contribution in [1.29, 1.82) is 0 Å². The number of para-hydroxylation sites is 2. The maximum absolute atomic E-state index is 12.7. The van der Waals surface area contributed by atoms with Crippen LogP contribution in [-0.4, -0.2) is 15.8 Å². The average Bonchev–Trinajstić information content (AvgIpc) is 3.36. The summed E-state index contributed by atoms with van der Waals surface area (Å²) in [5, 5.41) is 14.0. The standard InChI is InChI=1S/C22H20N4O5/c1-3-25-17-7-5-4-6-16(17)23-22(25)24-21(27)20-11-9-15(31-20)13-30-19-10-8-14(2)12-18(19)26(28)29/h4-12H,3,13H2,1-2H3,(H,23,24,27)/p+1. The minimum Gasteiger partial charge on any atom is -0.479 e. The Labute approximate surface area is 177 Å². The summed E-state index contributed by atoms with van der Waals surface area (Å²) in [7, 11) is 0. The van der Waals surface area contributed by atoms with Gasteiger partial charge in [0, 0.05) is 6.07 Å². The van der Waals surface area contributed by atoms with Crippen LogP contribution in [0.15, 0.2) is 59.0 Å². The normalized spacial score (nSPS) is 10.9. The van der Waals surface area contributed by atoms with Crippen LogP contribution >= 0.6 is 0 Å². The summed E-state index contributed by atoms with van der Waals surface area (Å²) in [5.74, 6) is 0.762. The van der Waals surface area contributed by atoms with Gasteiger partial charge in [-0.3, -0.25) is 10.1 Å². The van der Waals surface area contributed by atoms with Gasteiger partial charge >= 0.3 is 17.5 Å². The van der Waals surface area contributed by atoms with E-state index in [1.54, 1.807) is 25.1 Å². The van der Waals surface area contributed by atoms with Gasteiger partial charge in [-0.2, -0.15) is 0 Å². The Hall–Kier alpha value is -4.14. The van der Waals surface area contributed by atoms with Gasteiger partial charge in [0.15, 0.2) is 5.75 Å². The van der Waals surface area contributed by atoms with Gasteiger partial charge in [-0.05, 0) is 49.7 Å². The molecule has 0 bridgehead atoms. The summed E-state index contributed by atoms with van der Waals surface area (Å²) in [4.78, 5) is 26.6. The molecular weight excluding hydrogens is 400 g/mol. The van der Waals surface area contributed by atoms with Crippen LogP contribution in [0.5, 0.6) is 5.75 Å². The van der Waals surface area contributed by atoms with Gasteiger partial charge in [-0.15, -0.1) is 0 Å². The van der Waals surface area contributed by atoms with Crippen molar-refractivity contribution >= 4 is 28.6 Å². The largest absolute Gasteiger partial charge is 0.479 e. The van der Waals surface area contributed by atoms with Crippen molar-refractivity contribution in [1.82, 2.24) is 4.98 Å². The van der Waals surface area contributed by atoms with E-state index in [0.29, 0.717) is 18.3 Å². The van der Waals surface area contributed by atoms with Gasteiger partial charge in [0.25, 0.3) is 0 Å². The Morgan fingerprint density at radius 2 is 2.03 bits per heavy atom. The van der Waals surface area contributed by atoms with Crippen molar-refractivity contribution in [2.75, 3.05) is 5.32 Å². The number of aromatic amines is 1. The van der Waals surface area contributed by atoms with E-state index < -0.39 is 10.8 Å². The number of benzene rings is 2. The van der Waals surface area contributed by atoms with Crippen molar-refractivity contribution in [2.24, 2.45) is 0 Å². The maximum atomic E-state index is 12.7. The zero-order valence-electron chi connectivity index (χ0n) is 17.0. The summed E-state index contributed by atoms with van der Waals surface area (Å²) < 4.78 is 13.1. The predicted octanol–water partition coefficient (Wildman–Crippen LogP) is 4.12. The Kier molecular flexibility index (Phi) is 5.40. The summed E-state index contributed by atoms with van der Waals surface area (Å²) >= 11 is 0. The molecule has 0 spiro atoms. The molecule has 4 aromatic rings. The topological polar surface area (TPSA) is 114 Å². The Bertz CT molecular complexity index is 1270. The molecule has 0 saturated heterocycles.